The number of amides is 1. The van der Waals surface area contributed by atoms with E-state index in [0.29, 0.717) is 23.4 Å². The lowest BCUT2D eigenvalue weighted by Crippen LogP contribution is -2.13. The van der Waals surface area contributed by atoms with Gasteiger partial charge in [0.1, 0.15) is 0 Å². The van der Waals surface area contributed by atoms with E-state index in [1.54, 1.807) is 49.6 Å². The number of methoxy groups -OCH3 is 2. The van der Waals surface area contributed by atoms with Crippen molar-refractivity contribution in [1.29, 1.82) is 0 Å². The van der Waals surface area contributed by atoms with Crippen LogP contribution < -0.4 is 5.32 Å². The Kier molecular flexibility index (Phi) is 5.27. The molecule has 0 fully saturated rings. The molecule has 0 unspecified atom stereocenters. The Morgan fingerprint density at radius 1 is 1.00 bits per heavy atom. The lowest BCUT2D eigenvalue weighted by molar-refractivity contribution is 0.0600. The fourth-order valence-electron chi connectivity index (χ4n) is 2.01. The molecule has 0 spiro atoms. The highest BCUT2D eigenvalue weighted by Crippen LogP contribution is 2.14. The van der Waals surface area contributed by atoms with Gasteiger partial charge in [0, 0.05) is 18.4 Å². The molecule has 1 amide bonds. The van der Waals surface area contributed by atoms with Gasteiger partial charge in [0.25, 0.3) is 5.91 Å². The lowest BCUT2D eigenvalue weighted by Gasteiger charge is -2.08. The third-order valence-corrected chi connectivity index (χ3v) is 3.04. The minimum Gasteiger partial charge on any atom is -0.465 e. The SMILES string of the molecule is COCc1cccc(C(=O)Nc2cccc(C(=O)OC)c2)c1. The van der Waals surface area contributed by atoms with Crippen LogP contribution in [-0.2, 0) is 16.1 Å². The summed E-state index contributed by atoms with van der Waals surface area (Å²) in [5.41, 5.74) is 2.36. The Balaban J connectivity index is 2.15. The van der Waals surface area contributed by atoms with Crippen LogP contribution in [-0.4, -0.2) is 26.1 Å². The first kappa shape index (κ1) is 15.7. The van der Waals surface area contributed by atoms with E-state index in [1.165, 1.54) is 7.11 Å². The van der Waals surface area contributed by atoms with Crippen molar-refractivity contribution >= 4 is 17.6 Å². The van der Waals surface area contributed by atoms with Crippen molar-refractivity contribution in [2.75, 3.05) is 19.5 Å². The average Bonchev–Trinajstić information content (AvgIpc) is 2.55. The zero-order valence-corrected chi connectivity index (χ0v) is 12.5. The zero-order chi connectivity index (χ0) is 15.9. The summed E-state index contributed by atoms with van der Waals surface area (Å²) in [6, 6.07) is 13.8. The third-order valence-electron chi connectivity index (χ3n) is 3.04. The first-order valence-electron chi connectivity index (χ1n) is 6.71. The third kappa shape index (κ3) is 3.93. The van der Waals surface area contributed by atoms with Crippen molar-refractivity contribution in [2.24, 2.45) is 0 Å². The summed E-state index contributed by atoms with van der Waals surface area (Å²) in [6.45, 7) is 0.443. The second-order valence-electron chi connectivity index (χ2n) is 4.66. The van der Waals surface area contributed by atoms with Gasteiger partial charge in [-0.3, -0.25) is 4.79 Å². The van der Waals surface area contributed by atoms with Crippen LogP contribution in [0.2, 0.25) is 0 Å². The van der Waals surface area contributed by atoms with E-state index in [1.807, 2.05) is 6.07 Å². The number of rotatable bonds is 5. The second-order valence-corrected chi connectivity index (χ2v) is 4.66. The van der Waals surface area contributed by atoms with E-state index >= 15 is 0 Å². The topological polar surface area (TPSA) is 64.6 Å². The maximum Gasteiger partial charge on any atom is 0.337 e. The summed E-state index contributed by atoms with van der Waals surface area (Å²) in [5, 5.41) is 2.76. The maximum atomic E-state index is 12.3. The first-order chi connectivity index (χ1) is 10.6. The molecule has 2 aromatic carbocycles. The van der Waals surface area contributed by atoms with Crippen molar-refractivity contribution in [1.82, 2.24) is 0 Å². The van der Waals surface area contributed by atoms with Gasteiger partial charge in [-0.15, -0.1) is 0 Å². The molecule has 0 radical (unpaired) electrons. The van der Waals surface area contributed by atoms with Gasteiger partial charge in [0.05, 0.1) is 19.3 Å². The predicted octanol–water partition coefficient (Wildman–Crippen LogP) is 2.87. The van der Waals surface area contributed by atoms with Crippen LogP contribution in [0, 0.1) is 0 Å². The average molecular weight is 299 g/mol. The monoisotopic (exact) mass is 299 g/mol. The quantitative estimate of drug-likeness (QED) is 0.862. The Bertz CT molecular complexity index is 682. The summed E-state index contributed by atoms with van der Waals surface area (Å²) in [7, 11) is 2.92. The molecule has 22 heavy (non-hydrogen) atoms. The summed E-state index contributed by atoms with van der Waals surface area (Å²) >= 11 is 0. The Morgan fingerprint density at radius 2 is 1.73 bits per heavy atom. The molecule has 2 aromatic rings. The van der Waals surface area contributed by atoms with Gasteiger partial charge in [0.2, 0.25) is 0 Å². The lowest BCUT2D eigenvalue weighted by atomic mass is 10.1. The van der Waals surface area contributed by atoms with Crippen LogP contribution in [0.5, 0.6) is 0 Å². The predicted molar refractivity (Wildman–Crippen MR) is 82.9 cm³/mol. The molecule has 2 rings (SSSR count). The molecule has 5 nitrogen and oxygen atoms in total. The van der Waals surface area contributed by atoms with E-state index in [4.69, 9.17) is 4.74 Å². The minimum atomic E-state index is -0.446. The highest BCUT2D eigenvalue weighted by Gasteiger charge is 2.09. The van der Waals surface area contributed by atoms with Crippen LogP contribution >= 0.6 is 0 Å². The molecule has 0 saturated heterocycles. The van der Waals surface area contributed by atoms with Crippen molar-refractivity contribution in [3.63, 3.8) is 0 Å². The highest BCUT2D eigenvalue weighted by atomic mass is 16.5. The van der Waals surface area contributed by atoms with Gasteiger partial charge in [-0.25, -0.2) is 4.79 Å². The van der Waals surface area contributed by atoms with Crippen molar-refractivity contribution in [3.8, 4) is 0 Å². The molecule has 114 valence electrons. The smallest absolute Gasteiger partial charge is 0.337 e. The summed E-state index contributed by atoms with van der Waals surface area (Å²) in [5.74, 6) is -0.696. The number of carbonyl (C=O) groups excluding carboxylic acids is 2. The van der Waals surface area contributed by atoms with Gasteiger partial charge >= 0.3 is 5.97 Å². The van der Waals surface area contributed by atoms with Crippen molar-refractivity contribution in [2.45, 2.75) is 6.61 Å². The normalized spacial score (nSPS) is 10.1. The van der Waals surface area contributed by atoms with Crippen LogP contribution in [0.1, 0.15) is 26.3 Å². The fraction of sp³-hybridized carbons (Fsp3) is 0.176. The molecule has 0 atom stereocenters. The van der Waals surface area contributed by atoms with Gasteiger partial charge in [0.15, 0.2) is 0 Å². The largest absolute Gasteiger partial charge is 0.465 e. The van der Waals surface area contributed by atoms with Crippen LogP contribution in [0.3, 0.4) is 0 Å². The Labute approximate surface area is 128 Å². The number of hydrogen-bond donors (Lipinski definition) is 1. The van der Waals surface area contributed by atoms with E-state index < -0.39 is 5.97 Å². The summed E-state index contributed by atoms with van der Waals surface area (Å²) in [6.07, 6.45) is 0. The molecule has 0 aliphatic rings. The molecule has 0 aliphatic heterocycles. The van der Waals surface area contributed by atoms with Gasteiger partial charge in [-0.2, -0.15) is 0 Å². The molecule has 0 aliphatic carbocycles. The minimum absolute atomic E-state index is 0.250. The number of nitrogens with one attached hydrogen (secondary N) is 1. The van der Waals surface area contributed by atoms with E-state index in [2.05, 4.69) is 10.1 Å². The number of anilines is 1. The van der Waals surface area contributed by atoms with E-state index in [-0.39, 0.29) is 5.91 Å². The van der Waals surface area contributed by atoms with E-state index in [9.17, 15) is 9.59 Å². The molecule has 0 heterocycles. The Morgan fingerprint density at radius 3 is 2.45 bits per heavy atom. The van der Waals surface area contributed by atoms with Crippen LogP contribution in [0.15, 0.2) is 48.5 Å². The number of carbonyl (C=O) groups is 2. The molecular formula is C17H17NO4. The molecule has 0 saturated carbocycles. The Hall–Kier alpha value is -2.66. The van der Waals surface area contributed by atoms with E-state index in [0.717, 1.165) is 5.56 Å². The van der Waals surface area contributed by atoms with Crippen LogP contribution in [0.25, 0.3) is 0 Å². The summed E-state index contributed by atoms with van der Waals surface area (Å²) in [4.78, 5) is 23.7. The zero-order valence-electron chi connectivity index (χ0n) is 12.5. The standard InChI is InChI=1S/C17H17NO4/c1-21-11-12-5-3-6-13(9-12)16(19)18-15-8-4-7-14(10-15)17(20)22-2/h3-10H,11H2,1-2H3,(H,18,19). The van der Waals surface area contributed by atoms with Crippen molar-refractivity contribution < 1.29 is 19.1 Å². The fourth-order valence-corrected chi connectivity index (χ4v) is 2.01. The second kappa shape index (κ2) is 7.38. The number of hydrogen-bond acceptors (Lipinski definition) is 4. The van der Waals surface area contributed by atoms with Gasteiger partial charge < -0.3 is 14.8 Å². The molecule has 5 heteroatoms. The number of ether oxygens (including phenoxy) is 2. The van der Waals surface area contributed by atoms with Crippen LogP contribution in [0.4, 0.5) is 5.69 Å². The first-order valence-corrected chi connectivity index (χ1v) is 6.71. The number of benzene rings is 2. The molecule has 0 aromatic heterocycles. The maximum absolute atomic E-state index is 12.3. The molecule has 1 N–H and O–H groups in total. The molecule has 0 bridgehead atoms. The number of esters is 1. The van der Waals surface area contributed by atoms with Gasteiger partial charge in [-0.1, -0.05) is 18.2 Å². The summed E-state index contributed by atoms with van der Waals surface area (Å²) < 4.78 is 9.71. The van der Waals surface area contributed by atoms with Gasteiger partial charge in [-0.05, 0) is 35.9 Å². The van der Waals surface area contributed by atoms with Crippen molar-refractivity contribution in [3.05, 3.63) is 65.2 Å². The molecular weight excluding hydrogens is 282 g/mol. The highest BCUT2D eigenvalue weighted by molar-refractivity contribution is 6.05.